The number of benzene rings is 2. The number of anilines is 1. The first-order valence-electron chi connectivity index (χ1n) is 10.0. The molecule has 1 atom stereocenters. The second-order valence-electron chi connectivity index (χ2n) is 7.70. The van der Waals surface area contributed by atoms with E-state index in [2.05, 4.69) is 4.98 Å². The average Bonchev–Trinajstić information content (AvgIpc) is 3.44. The molecule has 178 valence electrons. The van der Waals surface area contributed by atoms with Crippen LogP contribution in [0.15, 0.2) is 41.3 Å². The van der Waals surface area contributed by atoms with Gasteiger partial charge in [-0.1, -0.05) is 11.3 Å². The minimum absolute atomic E-state index is 0.0775. The molecule has 0 bridgehead atoms. The molecule has 1 amide bonds. The van der Waals surface area contributed by atoms with Crippen LogP contribution in [-0.2, 0) is 14.6 Å². The Morgan fingerprint density at radius 2 is 1.85 bits per heavy atom. The zero-order valence-corrected chi connectivity index (χ0v) is 19.4. The molecule has 0 aliphatic carbocycles. The van der Waals surface area contributed by atoms with Crippen molar-refractivity contribution in [1.82, 2.24) is 4.98 Å². The van der Waals surface area contributed by atoms with Gasteiger partial charge in [0.15, 0.2) is 15.0 Å². The molecule has 1 aromatic heterocycles. The largest absolute Gasteiger partial charge is 0.376 e. The van der Waals surface area contributed by atoms with Gasteiger partial charge in [-0.05, 0) is 31.0 Å². The minimum atomic E-state index is -3.46. The van der Waals surface area contributed by atoms with Gasteiger partial charge in [0.1, 0.15) is 0 Å². The summed E-state index contributed by atoms with van der Waals surface area (Å²) in [6, 6.07) is 7.14. The van der Waals surface area contributed by atoms with E-state index in [0.717, 1.165) is 42.2 Å². The Morgan fingerprint density at radius 3 is 2.41 bits per heavy atom. The second kappa shape index (κ2) is 9.04. The van der Waals surface area contributed by atoms with Crippen molar-refractivity contribution in [1.29, 1.82) is 0 Å². The first-order valence-corrected chi connectivity index (χ1v) is 12.7. The van der Waals surface area contributed by atoms with Gasteiger partial charge in [-0.15, -0.1) is 0 Å². The van der Waals surface area contributed by atoms with Gasteiger partial charge in [0.2, 0.25) is 0 Å². The Balaban J connectivity index is 1.80. The SMILES string of the molecule is CS(=O)(=O)c1ccc2nc(N(CC3CCCO3)C(=O)c3cc([N+](=O)[O-])cc([N+](=O)[O-])c3)sc2c1. The third kappa shape index (κ3) is 4.88. The highest BCUT2D eigenvalue weighted by atomic mass is 32.2. The number of nitro benzene ring substituents is 2. The van der Waals surface area contributed by atoms with Crippen LogP contribution in [0.5, 0.6) is 0 Å². The zero-order valence-electron chi connectivity index (χ0n) is 17.7. The number of thiazole rings is 1. The Hall–Kier alpha value is -3.49. The maximum Gasteiger partial charge on any atom is 0.277 e. The Morgan fingerprint density at radius 1 is 1.18 bits per heavy atom. The number of hydrogen-bond donors (Lipinski definition) is 0. The molecule has 0 N–H and O–H groups in total. The standard InChI is InChI=1S/C20H18N4O8S2/c1-34(30,31)16-4-5-17-18(10-16)33-20(21-17)22(11-15-3-2-6-32-15)19(25)12-7-13(23(26)27)9-14(8-12)24(28)29/h4-5,7-10,15H,2-3,6,11H2,1H3. The summed E-state index contributed by atoms with van der Waals surface area (Å²) in [4.78, 5) is 40.2. The number of carbonyl (C=O) groups is 1. The third-order valence-electron chi connectivity index (χ3n) is 5.23. The molecule has 1 fully saturated rings. The van der Waals surface area contributed by atoms with E-state index in [1.165, 1.54) is 23.1 Å². The fraction of sp³-hybridized carbons (Fsp3) is 0.300. The number of nitro groups is 2. The summed E-state index contributed by atoms with van der Waals surface area (Å²) in [5.41, 5.74) is -0.953. The summed E-state index contributed by atoms with van der Waals surface area (Å²) < 4.78 is 30.0. The van der Waals surface area contributed by atoms with Gasteiger partial charge in [-0.2, -0.15) is 0 Å². The van der Waals surface area contributed by atoms with Crippen LogP contribution in [-0.4, -0.2) is 54.7 Å². The van der Waals surface area contributed by atoms with Crippen molar-refractivity contribution in [3.63, 3.8) is 0 Å². The number of rotatable bonds is 7. The molecular weight excluding hydrogens is 488 g/mol. The van der Waals surface area contributed by atoms with E-state index in [1.807, 2.05) is 0 Å². The maximum atomic E-state index is 13.5. The molecule has 34 heavy (non-hydrogen) atoms. The number of amides is 1. The van der Waals surface area contributed by atoms with Crippen molar-refractivity contribution in [2.24, 2.45) is 0 Å². The molecule has 0 spiro atoms. The lowest BCUT2D eigenvalue weighted by Gasteiger charge is -2.23. The topological polar surface area (TPSA) is 163 Å². The Kier molecular flexibility index (Phi) is 6.29. The van der Waals surface area contributed by atoms with E-state index in [0.29, 0.717) is 23.2 Å². The number of aromatic nitrogens is 1. The maximum absolute atomic E-state index is 13.5. The minimum Gasteiger partial charge on any atom is -0.376 e. The molecule has 1 unspecified atom stereocenters. The molecule has 1 aliphatic heterocycles. The van der Waals surface area contributed by atoms with Crippen molar-refractivity contribution in [3.05, 3.63) is 62.2 Å². The van der Waals surface area contributed by atoms with E-state index >= 15 is 0 Å². The van der Waals surface area contributed by atoms with Gasteiger partial charge in [-0.25, -0.2) is 13.4 Å². The van der Waals surface area contributed by atoms with Crippen LogP contribution in [0.1, 0.15) is 23.2 Å². The molecule has 2 aromatic carbocycles. The highest BCUT2D eigenvalue weighted by molar-refractivity contribution is 7.90. The quantitative estimate of drug-likeness (QED) is 0.345. The monoisotopic (exact) mass is 506 g/mol. The number of fused-ring (bicyclic) bond motifs is 1. The molecule has 2 heterocycles. The van der Waals surface area contributed by atoms with Crippen molar-refractivity contribution < 1.29 is 27.8 Å². The average molecular weight is 507 g/mol. The van der Waals surface area contributed by atoms with Gasteiger partial charge in [0.25, 0.3) is 17.3 Å². The van der Waals surface area contributed by atoms with E-state index in [-0.39, 0.29) is 28.2 Å². The van der Waals surface area contributed by atoms with Crippen LogP contribution in [0.2, 0.25) is 0 Å². The highest BCUT2D eigenvalue weighted by Gasteiger charge is 2.29. The van der Waals surface area contributed by atoms with E-state index in [4.69, 9.17) is 4.74 Å². The van der Waals surface area contributed by atoms with E-state index in [1.54, 1.807) is 0 Å². The molecule has 1 saturated heterocycles. The van der Waals surface area contributed by atoms with Crippen molar-refractivity contribution in [2.45, 2.75) is 23.8 Å². The Bertz CT molecular complexity index is 1380. The summed E-state index contributed by atoms with van der Waals surface area (Å²) in [7, 11) is -3.46. The van der Waals surface area contributed by atoms with Crippen molar-refractivity contribution >= 4 is 53.8 Å². The normalized spacial score (nSPS) is 16.0. The van der Waals surface area contributed by atoms with E-state index in [9.17, 15) is 33.4 Å². The highest BCUT2D eigenvalue weighted by Crippen LogP contribution is 2.33. The lowest BCUT2D eigenvalue weighted by molar-refractivity contribution is -0.394. The third-order valence-corrected chi connectivity index (χ3v) is 7.39. The van der Waals surface area contributed by atoms with Gasteiger partial charge in [-0.3, -0.25) is 29.9 Å². The molecule has 4 rings (SSSR count). The smallest absolute Gasteiger partial charge is 0.277 e. The summed E-state index contributed by atoms with van der Waals surface area (Å²) >= 11 is 1.07. The fourth-order valence-corrected chi connectivity index (χ4v) is 5.30. The zero-order chi connectivity index (χ0) is 24.6. The molecule has 0 saturated carbocycles. The number of non-ortho nitro benzene ring substituents is 2. The molecule has 14 heteroatoms. The predicted molar refractivity (Wildman–Crippen MR) is 123 cm³/mol. The van der Waals surface area contributed by atoms with Crippen LogP contribution >= 0.6 is 11.3 Å². The van der Waals surface area contributed by atoms with Gasteiger partial charge < -0.3 is 4.74 Å². The lowest BCUT2D eigenvalue weighted by atomic mass is 10.1. The van der Waals surface area contributed by atoms with Crippen molar-refractivity contribution in [3.8, 4) is 0 Å². The number of carbonyl (C=O) groups excluding carboxylic acids is 1. The number of nitrogens with zero attached hydrogens (tertiary/aromatic N) is 4. The summed E-state index contributed by atoms with van der Waals surface area (Å²) in [5.74, 6) is -0.718. The lowest BCUT2D eigenvalue weighted by Crippen LogP contribution is -2.37. The first kappa shape index (κ1) is 23.7. The number of sulfone groups is 1. The van der Waals surface area contributed by atoms with E-state index < -0.39 is 37.0 Å². The first-order chi connectivity index (χ1) is 16.0. The Labute approximate surface area is 197 Å². The van der Waals surface area contributed by atoms with Crippen molar-refractivity contribution in [2.75, 3.05) is 24.3 Å². The van der Waals surface area contributed by atoms with Gasteiger partial charge >= 0.3 is 0 Å². The van der Waals surface area contributed by atoms with Crippen LogP contribution in [0.3, 0.4) is 0 Å². The van der Waals surface area contributed by atoms with Gasteiger partial charge in [0.05, 0.1) is 49.2 Å². The fourth-order valence-electron chi connectivity index (χ4n) is 3.56. The molecule has 1 aliphatic rings. The molecule has 0 radical (unpaired) electrons. The van der Waals surface area contributed by atoms with Crippen LogP contribution in [0.4, 0.5) is 16.5 Å². The summed E-state index contributed by atoms with van der Waals surface area (Å²) in [6.07, 6.45) is 2.25. The van der Waals surface area contributed by atoms with Crippen LogP contribution in [0.25, 0.3) is 10.2 Å². The number of ether oxygens (including phenoxy) is 1. The predicted octanol–water partition coefficient (Wildman–Crippen LogP) is 3.34. The number of hydrogen-bond acceptors (Lipinski definition) is 10. The van der Waals surface area contributed by atoms with Crippen LogP contribution in [0, 0.1) is 20.2 Å². The second-order valence-corrected chi connectivity index (χ2v) is 10.7. The summed E-state index contributed by atoms with van der Waals surface area (Å²) in [5, 5.41) is 22.8. The molecular formula is C20H18N4O8S2. The van der Waals surface area contributed by atoms with Gasteiger partial charge in [0, 0.05) is 25.0 Å². The van der Waals surface area contributed by atoms with Crippen LogP contribution < -0.4 is 4.90 Å². The summed E-state index contributed by atoms with van der Waals surface area (Å²) in [6.45, 7) is 0.598. The molecule has 3 aromatic rings. The molecule has 12 nitrogen and oxygen atoms in total.